The fraction of sp³-hybridized carbons (Fsp3) is 0.474. The molecule has 2 atom stereocenters. The molecule has 0 radical (unpaired) electrons. The molecule has 0 N–H and O–H groups in total. The molecule has 3 rings (SSSR count). The number of rotatable bonds is 5. The number of likely N-dealkylation sites (tertiary alicyclic amines) is 1. The molecule has 1 aliphatic heterocycles. The summed E-state index contributed by atoms with van der Waals surface area (Å²) in [6.45, 7) is 3.65. The fourth-order valence-electron chi connectivity index (χ4n) is 3.51. The van der Waals surface area contributed by atoms with Crippen LogP contribution >= 0.6 is 0 Å². The molecule has 0 aromatic carbocycles. The number of ether oxygens (including phenoxy) is 1. The van der Waals surface area contributed by atoms with Crippen LogP contribution < -0.4 is 4.74 Å². The van der Waals surface area contributed by atoms with Gasteiger partial charge in [0.25, 0.3) is 0 Å². The average Bonchev–Trinajstić information content (AvgIpc) is 3.09. The number of nitrogens with zero attached hydrogens (tertiary/aromatic N) is 3. The van der Waals surface area contributed by atoms with E-state index in [9.17, 15) is 13.2 Å². The van der Waals surface area contributed by atoms with Crippen molar-refractivity contribution in [3.8, 4) is 5.88 Å². The summed E-state index contributed by atoms with van der Waals surface area (Å²) in [7, 11) is 1.58. The first-order valence-electron chi connectivity index (χ1n) is 8.64. The lowest BCUT2D eigenvalue weighted by Crippen LogP contribution is -2.26. The third-order valence-electron chi connectivity index (χ3n) is 4.92. The monoisotopic (exact) mass is 365 g/mol. The molecule has 0 saturated carbocycles. The predicted molar refractivity (Wildman–Crippen MR) is 91.8 cm³/mol. The number of pyridine rings is 2. The summed E-state index contributed by atoms with van der Waals surface area (Å²) in [5, 5.41) is 0. The standard InChI is InChI=1S/C19H22F3N3O/c1-13(16-6-3-7-17(24-16)26-2)25-10-8-14(12-25)11-15-5-4-9-23-18(15)19(20,21)22/h3-7,9,13-14H,8,10-12H2,1-2H3. The first-order valence-corrected chi connectivity index (χ1v) is 8.64. The summed E-state index contributed by atoms with van der Waals surface area (Å²) in [5.74, 6) is 0.739. The van der Waals surface area contributed by atoms with Crippen LogP contribution in [-0.4, -0.2) is 35.1 Å². The number of hydrogen-bond donors (Lipinski definition) is 0. The van der Waals surface area contributed by atoms with E-state index in [1.54, 1.807) is 19.2 Å². The van der Waals surface area contributed by atoms with Crippen molar-refractivity contribution in [2.24, 2.45) is 5.92 Å². The van der Waals surface area contributed by atoms with E-state index in [0.29, 0.717) is 12.3 Å². The Morgan fingerprint density at radius 2 is 2.08 bits per heavy atom. The highest BCUT2D eigenvalue weighted by molar-refractivity contribution is 5.23. The SMILES string of the molecule is COc1cccc(C(C)N2CCC(Cc3cccnc3C(F)(F)F)C2)n1. The Morgan fingerprint density at radius 1 is 1.27 bits per heavy atom. The van der Waals surface area contributed by atoms with Gasteiger partial charge < -0.3 is 4.74 Å². The Balaban J connectivity index is 1.68. The second-order valence-corrected chi connectivity index (χ2v) is 6.64. The van der Waals surface area contributed by atoms with Crippen molar-refractivity contribution in [1.29, 1.82) is 0 Å². The summed E-state index contributed by atoms with van der Waals surface area (Å²) in [5.41, 5.74) is 0.419. The largest absolute Gasteiger partial charge is 0.481 e. The molecule has 140 valence electrons. The summed E-state index contributed by atoms with van der Waals surface area (Å²) >= 11 is 0. The summed E-state index contributed by atoms with van der Waals surface area (Å²) in [6.07, 6.45) is -1.96. The van der Waals surface area contributed by atoms with Crippen molar-refractivity contribution in [3.63, 3.8) is 0 Å². The van der Waals surface area contributed by atoms with E-state index in [0.717, 1.165) is 25.2 Å². The molecule has 4 nitrogen and oxygen atoms in total. The van der Waals surface area contributed by atoms with Crippen LogP contribution in [0.5, 0.6) is 5.88 Å². The van der Waals surface area contributed by atoms with Gasteiger partial charge in [-0.25, -0.2) is 4.98 Å². The van der Waals surface area contributed by atoms with E-state index in [1.165, 1.54) is 12.3 Å². The molecule has 1 fully saturated rings. The van der Waals surface area contributed by atoms with E-state index in [4.69, 9.17) is 4.74 Å². The van der Waals surface area contributed by atoms with Gasteiger partial charge in [-0.15, -0.1) is 0 Å². The molecule has 7 heteroatoms. The molecule has 2 aromatic rings. The number of methoxy groups -OCH3 is 1. The highest BCUT2D eigenvalue weighted by Crippen LogP contribution is 2.34. The molecular formula is C19H22F3N3O. The minimum absolute atomic E-state index is 0.0890. The van der Waals surface area contributed by atoms with E-state index in [-0.39, 0.29) is 17.5 Å². The quantitative estimate of drug-likeness (QED) is 0.799. The molecule has 2 unspecified atom stereocenters. The zero-order valence-corrected chi connectivity index (χ0v) is 14.8. The van der Waals surface area contributed by atoms with Crippen molar-refractivity contribution in [1.82, 2.24) is 14.9 Å². The normalized spacial score (nSPS) is 19.5. The predicted octanol–water partition coefficient (Wildman–Crippen LogP) is 4.13. The van der Waals surface area contributed by atoms with Gasteiger partial charge in [-0.2, -0.15) is 13.2 Å². The third kappa shape index (κ3) is 4.15. The van der Waals surface area contributed by atoms with E-state index < -0.39 is 11.9 Å². The second kappa shape index (κ2) is 7.61. The fourth-order valence-corrected chi connectivity index (χ4v) is 3.51. The average molecular weight is 365 g/mol. The van der Waals surface area contributed by atoms with Gasteiger partial charge in [-0.05, 0) is 49.9 Å². The molecule has 3 heterocycles. The van der Waals surface area contributed by atoms with Crippen LogP contribution in [0.2, 0.25) is 0 Å². The number of hydrogen-bond acceptors (Lipinski definition) is 4. The second-order valence-electron chi connectivity index (χ2n) is 6.64. The van der Waals surface area contributed by atoms with Gasteiger partial charge in [-0.1, -0.05) is 12.1 Å². The lowest BCUT2D eigenvalue weighted by atomic mass is 9.97. The van der Waals surface area contributed by atoms with Crippen LogP contribution in [0.1, 0.15) is 36.3 Å². The van der Waals surface area contributed by atoms with E-state index >= 15 is 0 Å². The summed E-state index contributed by atoms with van der Waals surface area (Å²) in [6, 6.07) is 8.83. The molecule has 1 saturated heterocycles. The maximum absolute atomic E-state index is 13.1. The molecule has 0 bridgehead atoms. The zero-order chi connectivity index (χ0) is 18.7. The van der Waals surface area contributed by atoms with Crippen LogP contribution in [0.25, 0.3) is 0 Å². The van der Waals surface area contributed by atoms with Crippen LogP contribution in [0.3, 0.4) is 0 Å². The van der Waals surface area contributed by atoms with Gasteiger partial charge in [0.2, 0.25) is 5.88 Å². The van der Waals surface area contributed by atoms with Crippen LogP contribution in [0.4, 0.5) is 13.2 Å². The first-order chi connectivity index (χ1) is 12.4. The van der Waals surface area contributed by atoms with E-state index in [2.05, 4.69) is 21.8 Å². The van der Waals surface area contributed by atoms with Crippen molar-refractivity contribution in [3.05, 3.63) is 53.5 Å². The van der Waals surface area contributed by atoms with Crippen molar-refractivity contribution in [2.45, 2.75) is 32.0 Å². The van der Waals surface area contributed by atoms with Gasteiger partial charge in [-0.3, -0.25) is 9.88 Å². The summed E-state index contributed by atoms with van der Waals surface area (Å²) in [4.78, 5) is 10.3. The van der Waals surface area contributed by atoms with E-state index in [1.807, 2.05) is 12.1 Å². The van der Waals surface area contributed by atoms with Gasteiger partial charge in [0.05, 0.1) is 12.8 Å². The molecule has 2 aromatic heterocycles. The topological polar surface area (TPSA) is 38.2 Å². The minimum Gasteiger partial charge on any atom is -0.481 e. The van der Waals surface area contributed by atoms with Gasteiger partial charge in [0, 0.05) is 24.8 Å². The summed E-state index contributed by atoms with van der Waals surface area (Å²) < 4.78 is 44.6. The molecule has 1 aliphatic rings. The zero-order valence-electron chi connectivity index (χ0n) is 14.8. The van der Waals surface area contributed by atoms with Crippen molar-refractivity contribution >= 4 is 0 Å². The molecule has 0 amide bonds. The van der Waals surface area contributed by atoms with Gasteiger partial charge in [0.1, 0.15) is 5.69 Å². The maximum Gasteiger partial charge on any atom is 0.433 e. The highest BCUT2D eigenvalue weighted by atomic mass is 19.4. The third-order valence-corrected chi connectivity index (χ3v) is 4.92. The smallest absolute Gasteiger partial charge is 0.433 e. The minimum atomic E-state index is -4.41. The maximum atomic E-state index is 13.1. The molecular weight excluding hydrogens is 343 g/mol. The molecule has 0 spiro atoms. The lowest BCUT2D eigenvalue weighted by Gasteiger charge is -2.24. The van der Waals surface area contributed by atoms with Crippen LogP contribution in [-0.2, 0) is 12.6 Å². The van der Waals surface area contributed by atoms with Crippen LogP contribution in [0, 0.1) is 5.92 Å². The Bertz CT molecular complexity index is 751. The first kappa shape index (κ1) is 18.6. The van der Waals surface area contributed by atoms with Crippen molar-refractivity contribution in [2.75, 3.05) is 20.2 Å². The Hall–Kier alpha value is -2.15. The van der Waals surface area contributed by atoms with Crippen molar-refractivity contribution < 1.29 is 17.9 Å². The Labute approximate surface area is 151 Å². The number of alkyl halides is 3. The van der Waals surface area contributed by atoms with Crippen LogP contribution in [0.15, 0.2) is 36.5 Å². The Kier molecular flexibility index (Phi) is 5.46. The molecule has 0 aliphatic carbocycles. The number of halogens is 3. The molecule has 26 heavy (non-hydrogen) atoms. The highest BCUT2D eigenvalue weighted by Gasteiger charge is 2.36. The Morgan fingerprint density at radius 3 is 2.81 bits per heavy atom. The van der Waals surface area contributed by atoms with Gasteiger partial charge >= 0.3 is 6.18 Å². The van der Waals surface area contributed by atoms with Gasteiger partial charge in [0.15, 0.2) is 0 Å². The number of aromatic nitrogens is 2. The lowest BCUT2D eigenvalue weighted by molar-refractivity contribution is -0.141.